The largest absolute Gasteiger partial charge is 0.497 e. The van der Waals surface area contributed by atoms with Crippen LogP contribution in [0.3, 0.4) is 0 Å². The highest BCUT2D eigenvalue weighted by molar-refractivity contribution is 7.15. The van der Waals surface area contributed by atoms with E-state index in [-0.39, 0.29) is 0 Å². The Morgan fingerprint density at radius 3 is 2.40 bits per heavy atom. The lowest BCUT2D eigenvalue weighted by atomic mass is 10.0. The lowest BCUT2D eigenvalue weighted by Crippen LogP contribution is -1.97. The summed E-state index contributed by atoms with van der Waals surface area (Å²) in [4.78, 5) is 5.76. The molecule has 4 nitrogen and oxygen atoms in total. The Labute approximate surface area is 152 Å². The fourth-order valence-corrected chi connectivity index (χ4v) is 3.67. The number of aryl methyl sites for hydroxylation is 2. The topological polar surface area (TPSA) is 57.4 Å². The Balaban J connectivity index is 1.71. The number of nitrogens with zero attached hydrogens (tertiary/aromatic N) is 1. The van der Waals surface area contributed by atoms with E-state index in [0.29, 0.717) is 5.13 Å². The first-order valence-electron chi connectivity index (χ1n) is 8.18. The third-order valence-electron chi connectivity index (χ3n) is 4.10. The van der Waals surface area contributed by atoms with Crippen molar-refractivity contribution < 1.29 is 9.47 Å². The molecule has 0 saturated heterocycles. The highest BCUT2D eigenvalue weighted by Gasteiger charge is 2.11. The van der Waals surface area contributed by atoms with E-state index in [2.05, 4.69) is 29.2 Å². The summed E-state index contributed by atoms with van der Waals surface area (Å²) in [6.45, 7) is 0. The number of ether oxygens (including phenoxy) is 2. The quantitative estimate of drug-likeness (QED) is 0.693. The second-order valence-corrected chi connectivity index (χ2v) is 6.91. The van der Waals surface area contributed by atoms with Gasteiger partial charge in [0.25, 0.3) is 0 Å². The number of thiazole rings is 1. The van der Waals surface area contributed by atoms with Gasteiger partial charge in [0.1, 0.15) is 11.5 Å². The number of rotatable bonds is 7. The van der Waals surface area contributed by atoms with E-state index in [1.165, 1.54) is 16.0 Å². The summed E-state index contributed by atoms with van der Waals surface area (Å²) >= 11 is 1.57. The molecular formula is C20H22N2O2S. The van der Waals surface area contributed by atoms with Crippen LogP contribution in [0.2, 0.25) is 0 Å². The van der Waals surface area contributed by atoms with Gasteiger partial charge in [0.05, 0.1) is 19.9 Å². The molecule has 0 unspecified atom stereocenters. The molecule has 25 heavy (non-hydrogen) atoms. The first-order chi connectivity index (χ1) is 12.2. The smallest absolute Gasteiger partial charge is 0.180 e. The predicted molar refractivity (Wildman–Crippen MR) is 103 cm³/mol. The summed E-state index contributed by atoms with van der Waals surface area (Å²) in [6.07, 6.45) is 2.63. The molecular weight excluding hydrogens is 332 g/mol. The van der Waals surface area contributed by atoms with Crippen molar-refractivity contribution in [2.75, 3.05) is 20.0 Å². The number of hydrogen-bond acceptors (Lipinski definition) is 5. The average molecular weight is 354 g/mol. The van der Waals surface area contributed by atoms with Gasteiger partial charge in [-0.3, -0.25) is 0 Å². The van der Waals surface area contributed by atoms with Gasteiger partial charge in [-0.2, -0.15) is 0 Å². The Kier molecular flexibility index (Phi) is 5.56. The van der Waals surface area contributed by atoms with Crippen LogP contribution < -0.4 is 15.2 Å². The minimum Gasteiger partial charge on any atom is -0.497 e. The molecule has 1 aromatic heterocycles. The van der Waals surface area contributed by atoms with Crippen LogP contribution >= 0.6 is 11.3 Å². The lowest BCUT2D eigenvalue weighted by Gasteiger charge is -2.06. The van der Waals surface area contributed by atoms with Gasteiger partial charge < -0.3 is 15.2 Å². The lowest BCUT2D eigenvalue weighted by molar-refractivity contribution is 0.414. The highest BCUT2D eigenvalue weighted by Crippen LogP contribution is 2.26. The summed E-state index contributed by atoms with van der Waals surface area (Å²) in [7, 11) is 3.36. The number of nitrogens with two attached hydrogens (primary N) is 1. The van der Waals surface area contributed by atoms with Crippen LogP contribution in [-0.2, 0) is 19.3 Å². The zero-order valence-electron chi connectivity index (χ0n) is 14.5. The van der Waals surface area contributed by atoms with Crippen molar-refractivity contribution in [3.8, 4) is 11.5 Å². The number of benzene rings is 2. The zero-order chi connectivity index (χ0) is 17.6. The van der Waals surface area contributed by atoms with Crippen molar-refractivity contribution in [3.63, 3.8) is 0 Å². The fraction of sp³-hybridized carbons (Fsp3) is 0.250. The highest BCUT2D eigenvalue weighted by atomic mass is 32.1. The summed E-state index contributed by atoms with van der Waals surface area (Å²) in [5.41, 5.74) is 9.51. The molecule has 2 N–H and O–H groups in total. The maximum Gasteiger partial charge on any atom is 0.180 e. The number of methoxy groups -OCH3 is 2. The predicted octanol–water partition coefficient (Wildman–Crippen LogP) is 4.12. The van der Waals surface area contributed by atoms with Crippen molar-refractivity contribution >= 4 is 16.5 Å². The molecule has 0 bridgehead atoms. The Bertz CT molecular complexity index is 828. The SMILES string of the molecule is COc1ccc(CCc2nc(N)sc2Cc2cccc(OC)c2)cc1. The molecule has 130 valence electrons. The maximum atomic E-state index is 5.96. The zero-order valence-corrected chi connectivity index (χ0v) is 15.3. The Morgan fingerprint density at radius 2 is 1.68 bits per heavy atom. The van der Waals surface area contributed by atoms with Gasteiger partial charge >= 0.3 is 0 Å². The van der Waals surface area contributed by atoms with Crippen LogP contribution in [0.15, 0.2) is 48.5 Å². The fourth-order valence-electron chi connectivity index (χ4n) is 2.76. The summed E-state index contributed by atoms with van der Waals surface area (Å²) in [6, 6.07) is 16.3. The minimum absolute atomic E-state index is 0.627. The third-order valence-corrected chi connectivity index (χ3v) is 5.03. The molecule has 1 heterocycles. The molecule has 3 aromatic rings. The summed E-state index contributed by atoms with van der Waals surface area (Å²) in [5, 5.41) is 0.627. The summed E-state index contributed by atoms with van der Waals surface area (Å²) < 4.78 is 10.5. The maximum absolute atomic E-state index is 5.96. The van der Waals surface area contributed by atoms with Gasteiger partial charge in [-0.25, -0.2) is 4.98 Å². The van der Waals surface area contributed by atoms with E-state index in [9.17, 15) is 0 Å². The van der Waals surface area contributed by atoms with Crippen molar-refractivity contribution in [3.05, 3.63) is 70.2 Å². The molecule has 3 rings (SSSR count). The molecule has 0 aliphatic rings. The molecule has 0 fully saturated rings. The number of hydrogen-bond donors (Lipinski definition) is 1. The van der Waals surface area contributed by atoms with Crippen LogP contribution in [0.1, 0.15) is 21.7 Å². The van der Waals surface area contributed by atoms with Gasteiger partial charge in [-0.15, -0.1) is 11.3 Å². The van der Waals surface area contributed by atoms with Crippen molar-refractivity contribution in [2.45, 2.75) is 19.3 Å². The van der Waals surface area contributed by atoms with E-state index >= 15 is 0 Å². The molecule has 5 heteroatoms. The second kappa shape index (κ2) is 8.03. The molecule has 0 amide bonds. The van der Waals surface area contributed by atoms with Gasteiger partial charge in [-0.05, 0) is 48.2 Å². The molecule has 0 radical (unpaired) electrons. The molecule has 0 aliphatic carbocycles. The third kappa shape index (κ3) is 4.51. The minimum atomic E-state index is 0.627. The molecule has 0 saturated carbocycles. The standard InChI is InChI=1S/C20H22N2O2S/c1-23-16-9-6-14(7-10-16)8-11-18-19(25-20(21)22-18)13-15-4-3-5-17(12-15)24-2/h3-7,9-10,12H,8,11,13H2,1-2H3,(H2,21,22). The van der Waals surface area contributed by atoms with Gasteiger partial charge in [0, 0.05) is 11.3 Å². The van der Waals surface area contributed by atoms with Gasteiger partial charge in [0.2, 0.25) is 0 Å². The molecule has 0 spiro atoms. The summed E-state index contributed by atoms with van der Waals surface area (Å²) in [5.74, 6) is 1.75. The van der Waals surface area contributed by atoms with Crippen molar-refractivity contribution in [1.29, 1.82) is 0 Å². The first kappa shape index (κ1) is 17.3. The van der Waals surface area contributed by atoms with Gasteiger partial charge in [0.15, 0.2) is 5.13 Å². The van der Waals surface area contributed by atoms with Crippen molar-refractivity contribution in [1.82, 2.24) is 4.98 Å². The van der Waals surface area contributed by atoms with Crippen LogP contribution in [0.4, 0.5) is 5.13 Å². The number of aromatic nitrogens is 1. The normalized spacial score (nSPS) is 10.6. The molecule has 0 aliphatic heterocycles. The van der Waals surface area contributed by atoms with E-state index in [1.54, 1.807) is 25.6 Å². The Morgan fingerprint density at radius 1 is 0.920 bits per heavy atom. The van der Waals surface area contributed by atoms with Crippen LogP contribution in [-0.4, -0.2) is 19.2 Å². The number of nitrogen functional groups attached to an aromatic ring is 1. The average Bonchev–Trinajstić information content (AvgIpc) is 2.99. The van der Waals surface area contributed by atoms with Crippen LogP contribution in [0.25, 0.3) is 0 Å². The van der Waals surface area contributed by atoms with Gasteiger partial charge in [-0.1, -0.05) is 24.3 Å². The van der Waals surface area contributed by atoms with E-state index < -0.39 is 0 Å². The molecule has 0 atom stereocenters. The van der Waals surface area contributed by atoms with E-state index in [4.69, 9.17) is 15.2 Å². The van der Waals surface area contributed by atoms with E-state index in [1.807, 2.05) is 24.3 Å². The van der Waals surface area contributed by atoms with Crippen LogP contribution in [0, 0.1) is 0 Å². The first-order valence-corrected chi connectivity index (χ1v) is 8.99. The monoisotopic (exact) mass is 354 g/mol. The number of anilines is 1. The Hall–Kier alpha value is -2.53. The molecule has 2 aromatic carbocycles. The van der Waals surface area contributed by atoms with Crippen molar-refractivity contribution in [2.24, 2.45) is 0 Å². The van der Waals surface area contributed by atoms with E-state index in [0.717, 1.165) is 36.5 Å². The van der Waals surface area contributed by atoms with Crippen LogP contribution in [0.5, 0.6) is 11.5 Å². The second-order valence-electron chi connectivity index (χ2n) is 5.80.